The summed E-state index contributed by atoms with van der Waals surface area (Å²) in [5.41, 5.74) is 5.99. The number of rotatable bonds is 2. The standard InChI is InChI=1S/C8H6BrN5O2/c9-5-1-7(10)8(11-2-5)13-4-6(3-12-13)14(15)16/h1-4H,10H2. The van der Waals surface area contributed by atoms with Crippen LogP contribution in [-0.4, -0.2) is 19.7 Å². The highest BCUT2D eigenvalue weighted by atomic mass is 79.9. The zero-order chi connectivity index (χ0) is 11.7. The van der Waals surface area contributed by atoms with Crippen molar-refractivity contribution in [1.29, 1.82) is 0 Å². The molecule has 0 unspecified atom stereocenters. The van der Waals surface area contributed by atoms with Gasteiger partial charge in [-0.05, 0) is 22.0 Å². The zero-order valence-corrected chi connectivity index (χ0v) is 9.46. The summed E-state index contributed by atoms with van der Waals surface area (Å²) in [4.78, 5) is 14.0. The van der Waals surface area contributed by atoms with Crippen molar-refractivity contribution in [3.05, 3.63) is 39.2 Å². The average molecular weight is 284 g/mol. The molecule has 0 aliphatic rings. The van der Waals surface area contributed by atoms with Crippen LogP contribution in [0.3, 0.4) is 0 Å². The number of nitrogen functional groups attached to an aromatic ring is 1. The first kappa shape index (κ1) is 10.6. The smallest absolute Gasteiger partial charge is 0.307 e. The van der Waals surface area contributed by atoms with Crippen molar-refractivity contribution in [2.24, 2.45) is 0 Å². The minimum atomic E-state index is -0.529. The van der Waals surface area contributed by atoms with Gasteiger partial charge < -0.3 is 5.73 Å². The van der Waals surface area contributed by atoms with Crippen LogP contribution in [0.2, 0.25) is 0 Å². The Bertz CT molecular complexity index is 553. The van der Waals surface area contributed by atoms with E-state index in [2.05, 4.69) is 26.0 Å². The second-order valence-electron chi connectivity index (χ2n) is 2.97. The molecule has 0 radical (unpaired) electrons. The van der Waals surface area contributed by atoms with Crippen LogP contribution in [0.1, 0.15) is 0 Å². The second kappa shape index (κ2) is 3.89. The molecule has 82 valence electrons. The molecule has 8 heteroatoms. The van der Waals surface area contributed by atoms with Gasteiger partial charge in [0, 0.05) is 10.7 Å². The summed E-state index contributed by atoms with van der Waals surface area (Å²) in [6, 6.07) is 1.65. The van der Waals surface area contributed by atoms with E-state index in [1.165, 1.54) is 10.9 Å². The Hall–Kier alpha value is -1.96. The van der Waals surface area contributed by atoms with Gasteiger partial charge in [-0.1, -0.05) is 0 Å². The number of nitrogens with two attached hydrogens (primary N) is 1. The van der Waals surface area contributed by atoms with Crippen LogP contribution in [0, 0.1) is 10.1 Å². The molecule has 2 aromatic rings. The van der Waals surface area contributed by atoms with Crippen molar-refractivity contribution < 1.29 is 4.92 Å². The number of hydrogen-bond donors (Lipinski definition) is 1. The van der Waals surface area contributed by atoms with Gasteiger partial charge >= 0.3 is 5.69 Å². The summed E-state index contributed by atoms with van der Waals surface area (Å²) < 4.78 is 2.00. The summed E-state index contributed by atoms with van der Waals surface area (Å²) in [6.07, 6.45) is 3.94. The highest BCUT2D eigenvalue weighted by Gasteiger charge is 2.12. The van der Waals surface area contributed by atoms with E-state index in [1.807, 2.05) is 0 Å². The predicted octanol–water partition coefficient (Wildman–Crippen LogP) is 1.52. The number of nitro groups is 1. The maximum Gasteiger partial charge on any atom is 0.307 e. The van der Waals surface area contributed by atoms with E-state index < -0.39 is 4.92 Å². The first-order chi connectivity index (χ1) is 7.58. The van der Waals surface area contributed by atoms with Gasteiger partial charge in [0.25, 0.3) is 0 Å². The molecule has 0 saturated heterocycles. The molecule has 0 aromatic carbocycles. The molecule has 0 aliphatic carbocycles. The molecule has 0 aliphatic heterocycles. The van der Waals surface area contributed by atoms with Crippen molar-refractivity contribution in [2.75, 3.05) is 5.73 Å². The number of hydrogen-bond acceptors (Lipinski definition) is 5. The van der Waals surface area contributed by atoms with Crippen molar-refractivity contribution in [3.8, 4) is 5.82 Å². The molecule has 0 spiro atoms. The SMILES string of the molecule is Nc1cc(Br)cnc1-n1cc([N+](=O)[O-])cn1. The van der Waals surface area contributed by atoms with Crippen molar-refractivity contribution in [1.82, 2.24) is 14.8 Å². The molecule has 16 heavy (non-hydrogen) atoms. The van der Waals surface area contributed by atoms with E-state index >= 15 is 0 Å². The molecule has 2 rings (SSSR count). The highest BCUT2D eigenvalue weighted by molar-refractivity contribution is 9.10. The normalized spacial score (nSPS) is 10.3. The number of aromatic nitrogens is 3. The van der Waals surface area contributed by atoms with Crippen LogP contribution in [0.5, 0.6) is 0 Å². The fourth-order valence-corrected chi connectivity index (χ4v) is 1.51. The van der Waals surface area contributed by atoms with Crippen LogP contribution in [0.25, 0.3) is 5.82 Å². The molecule has 0 saturated carbocycles. The molecule has 0 bridgehead atoms. The molecule has 0 amide bonds. The Morgan fingerprint density at radius 3 is 2.81 bits per heavy atom. The van der Waals surface area contributed by atoms with E-state index in [1.54, 1.807) is 12.3 Å². The number of anilines is 1. The largest absolute Gasteiger partial charge is 0.396 e. The Morgan fingerprint density at radius 2 is 2.25 bits per heavy atom. The predicted molar refractivity (Wildman–Crippen MR) is 60.1 cm³/mol. The van der Waals surface area contributed by atoms with Crippen LogP contribution in [0.4, 0.5) is 11.4 Å². The zero-order valence-electron chi connectivity index (χ0n) is 7.87. The summed E-state index contributed by atoms with van der Waals surface area (Å²) >= 11 is 3.22. The minimum Gasteiger partial charge on any atom is -0.396 e. The van der Waals surface area contributed by atoms with Crippen molar-refractivity contribution in [3.63, 3.8) is 0 Å². The fraction of sp³-hybridized carbons (Fsp3) is 0. The topological polar surface area (TPSA) is 99.9 Å². The molecular formula is C8H6BrN5O2. The lowest BCUT2D eigenvalue weighted by atomic mass is 10.4. The van der Waals surface area contributed by atoms with E-state index in [0.29, 0.717) is 11.5 Å². The summed E-state index contributed by atoms with van der Waals surface area (Å²) in [7, 11) is 0. The van der Waals surface area contributed by atoms with E-state index in [0.717, 1.165) is 10.7 Å². The summed E-state index contributed by atoms with van der Waals surface area (Å²) in [5.74, 6) is 0.358. The van der Waals surface area contributed by atoms with Crippen LogP contribution in [0.15, 0.2) is 29.1 Å². The monoisotopic (exact) mass is 283 g/mol. The molecule has 2 heterocycles. The first-order valence-electron chi connectivity index (χ1n) is 4.18. The van der Waals surface area contributed by atoms with Gasteiger partial charge in [-0.15, -0.1) is 0 Å². The average Bonchev–Trinajstić information content (AvgIpc) is 2.66. The summed E-state index contributed by atoms with van der Waals surface area (Å²) in [5, 5.41) is 14.3. The van der Waals surface area contributed by atoms with Gasteiger partial charge in [-0.25, -0.2) is 9.67 Å². The third-order valence-corrected chi connectivity index (χ3v) is 2.29. The quantitative estimate of drug-likeness (QED) is 0.665. The van der Waals surface area contributed by atoms with E-state index in [9.17, 15) is 10.1 Å². The molecule has 2 aromatic heterocycles. The lowest BCUT2D eigenvalue weighted by Gasteiger charge is -2.03. The third-order valence-electron chi connectivity index (χ3n) is 1.86. The molecule has 0 atom stereocenters. The Morgan fingerprint density at radius 1 is 1.50 bits per heavy atom. The highest BCUT2D eigenvalue weighted by Crippen LogP contribution is 2.20. The number of halogens is 1. The second-order valence-corrected chi connectivity index (χ2v) is 3.88. The Kier molecular flexibility index (Phi) is 2.57. The van der Waals surface area contributed by atoms with E-state index in [-0.39, 0.29) is 5.69 Å². The number of nitrogens with zero attached hydrogens (tertiary/aromatic N) is 4. The maximum atomic E-state index is 10.5. The number of pyridine rings is 1. The van der Waals surface area contributed by atoms with Gasteiger partial charge in [-0.3, -0.25) is 10.1 Å². The van der Waals surface area contributed by atoms with Crippen LogP contribution in [-0.2, 0) is 0 Å². The van der Waals surface area contributed by atoms with Crippen molar-refractivity contribution in [2.45, 2.75) is 0 Å². The molecule has 0 fully saturated rings. The lowest BCUT2D eigenvalue weighted by molar-refractivity contribution is -0.384. The molecular weight excluding hydrogens is 278 g/mol. The maximum absolute atomic E-state index is 10.5. The van der Waals surface area contributed by atoms with Gasteiger partial charge in [0.15, 0.2) is 5.82 Å². The van der Waals surface area contributed by atoms with E-state index in [4.69, 9.17) is 5.73 Å². The first-order valence-corrected chi connectivity index (χ1v) is 4.97. The molecule has 2 N–H and O–H groups in total. The van der Waals surface area contributed by atoms with Crippen LogP contribution >= 0.6 is 15.9 Å². The Balaban J connectivity index is 2.46. The van der Waals surface area contributed by atoms with Gasteiger partial charge in [-0.2, -0.15) is 5.10 Å². The minimum absolute atomic E-state index is 0.107. The lowest BCUT2D eigenvalue weighted by Crippen LogP contribution is -2.02. The fourth-order valence-electron chi connectivity index (χ4n) is 1.16. The Labute approximate surface area is 98.2 Å². The van der Waals surface area contributed by atoms with Gasteiger partial charge in [0.05, 0.1) is 10.6 Å². The summed E-state index contributed by atoms with van der Waals surface area (Å²) in [6.45, 7) is 0. The van der Waals surface area contributed by atoms with Gasteiger partial charge in [0.2, 0.25) is 0 Å². The van der Waals surface area contributed by atoms with Gasteiger partial charge in [0.1, 0.15) is 12.4 Å². The van der Waals surface area contributed by atoms with Crippen LogP contribution < -0.4 is 5.73 Å². The third kappa shape index (κ3) is 1.87. The molecule has 7 nitrogen and oxygen atoms in total. The van der Waals surface area contributed by atoms with Crippen molar-refractivity contribution >= 4 is 27.3 Å².